The summed E-state index contributed by atoms with van der Waals surface area (Å²) in [5.41, 5.74) is 6.60. The van der Waals surface area contributed by atoms with Crippen molar-refractivity contribution in [1.29, 1.82) is 0 Å². The third-order valence-electron chi connectivity index (χ3n) is 3.10. The Kier molecular flexibility index (Phi) is 5.30. The van der Waals surface area contributed by atoms with Gasteiger partial charge in [0.2, 0.25) is 0 Å². The summed E-state index contributed by atoms with van der Waals surface area (Å²) in [5, 5.41) is 2.88. The molecule has 0 radical (unpaired) electrons. The minimum atomic E-state index is -0.157. The predicted molar refractivity (Wildman–Crippen MR) is 86.4 cm³/mol. The molecule has 0 saturated carbocycles. The number of pyridine rings is 1. The van der Waals surface area contributed by atoms with Gasteiger partial charge in [-0.05, 0) is 32.2 Å². The molecule has 0 unspecified atom stereocenters. The Morgan fingerprint density at radius 1 is 1.43 bits per heavy atom. The second-order valence-corrected chi connectivity index (χ2v) is 6.34. The first-order chi connectivity index (χ1) is 10.1. The van der Waals surface area contributed by atoms with Crippen LogP contribution >= 0.6 is 11.3 Å². The van der Waals surface area contributed by atoms with E-state index in [2.05, 4.69) is 34.3 Å². The molecule has 0 spiro atoms. The number of nitrogens with two attached hydrogens (primary N) is 1. The van der Waals surface area contributed by atoms with E-state index in [-0.39, 0.29) is 5.91 Å². The number of carbonyl (C=O) groups is 1. The van der Waals surface area contributed by atoms with E-state index in [0.717, 1.165) is 13.1 Å². The van der Waals surface area contributed by atoms with E-state index < -0.39 is 0 Å². The van der Waals surface area contributed by atoms with Crippen molar-refractivity contribution in [3.63, 3.8) is 0 Å². The fraction of sp³-hybridized carbons (Fsp3) is 0.333. The molecule has 0 bridgehead atoms. The molecule has 2 rings (SSSR count). The van der Waals surface area contributed by atoms with Crippen molar-refractivity contribution in [2.24, 2.45) is 0 Å². The van der Waals surface area contributed by atoms with E-state index in [1.54, 1.807) is 23.6 Å². The topological polar surface area (TPSA) is 71.2 Å². The highest BCUT2D eigenvalue weighted by molar-refractivity contribution is 7.11. The molecule has 1 amide bonds. The summed E-state index contributed by atoms with van der Waals surface area (Å²) in [6, 6.07) is 5.90. The molecule has 2 aromatic heterocycles. The number of nitrogen functional groups attached to an aromatic ring is 1. The number of likely N-dealkylation sites (N-methyl/N-ethyl adjacent to an activating group) is 1. The molecule has 3 N–H and O–H groups in total. The number of anilines is 1. The second kappa shape index (κ2) is 7.19. The standard InChI is InChI=1S/C15H20N4OS/c1-11-3-4-12(21-11)10-19(2)8-7-18-15(20)13-5-6-17-9-14(13)16/h3-6,9H,7-8,10,16H2,1-2H3,(H,18,20). The van der Waals surface area contributed by atoms with E-state index in [1.807, 2.05) is 7.05 Å². The second-order valence-electron chi connectivity index (χ2n) is 4.97. The van der Waals surface area contributed by atoms with E-state index in [4.69, 9.17) is 5.73 Å². The molecule has 5 nitrogen and oxygen atoms in total. The van der Waals surface area contributed by atoms with Gasteiger partial charge in [0.25, 0.3) is 5.91 Å². The van der Waals surface area contributed by atoms with Gasteiger partial charge in [-0.15, -0.1) is 11.3 Å². The summed E-state index contributed by atoms with van der Waals surface area (Å²) in [5.74, 6) is -0.157. The summed E-state index contributed by atoms with van der Waals surface area (Å²) in [4.78, 5) is 20.7. The van der Waals surface area contributed by atoms with Gasteiger partial charge in [-0.3, -0.25) is 14.7 Å². The molecule has 0 aliphatic carbocycles. The van der Waals surface area contributed by atoms with Crippen LogP contribution in [0.4, 0.5) is 5.69 Å². The Morgan fingerprint density at radius 2 is 2.24 bits per heavy atom. The molecule has 0 fully saturated rings. The molecule has 0 aromatic carbocycles. The molecule has 21 heavy (non-hydrogen) atoms. The van der Waals surface area contributed by atoms with Crippen molar-refractivity contribution in [3.8, 4) is 0 Å². The molecule has 0 atom stereocenters. The lowest BCUT2D eigenvalue weighted by Gasteiger charge is -2.16. The smallest absolute Gasteiger partial charge is 0.253 e. The highest BCUT2D eigenvalue weighted by Crippen LogP contribution is 2.16. The third-order valence-corrected chi connectivity index (χ3v) is 4.08. The van der Waals surface area contributed by atoms with Gasteiger partial charge >= 0.3 is 0 Å². The minimum Gasteiger partial charge on any atom is -0.397 e. The summed E-state index contributed by atoms with van der Waals surface area (Å²) in [7, 11) is 2.04. The lowest BCUT2D eigenvalue weighted by molar-refractivity contribution is 0.0950. The highest BCUT2D eigenvalue weighted by Gasteiger charge is 2.09. The number of hydrogen-bond donors (Lipinski definition) is 2. The quantitative estimate of drug-likeness (QED) is 0.855. The average molecular weight is 304 g/mol. The van der Waals surface area contributed by atoms with Crippen LogP contribution in [0, 0.1) is 6.92 Å². The molecule has 2 heterocycles. The van der Waals surface area contributed by atoms with Crippen LogP contribution in [-0.4, -0.2) is 35.9 Å². The van der Waals surface area contributed by atoms with Gasteiger partial charge < -0.3 is 11.1 Å². The molecule has 6 heteroatoms. The van der Waals surface area contributed by atoms with Crippen LogP contribution in [0.25, 0.3) is 0 Å². The van der Waals surface area contributed by atoms with Gasteiger partial charge in [0.05, 0.1) is 17.4 Å². The normalized spacial score (nSPS) is 10.8. The zero-order chi connectivity index (χ0) is 15.2. The number of aryl methyl sites for hydroxylation is 1. The Morgan fingerprint density at radius 3 is 2.90 bits per heavy atom. The van der Waals surface area contributed by atoms with Gasteiger partial charge in [0.15, 0.2) is 0 Å². The first kappa shape index (κ1) is 15.5. The predicted octanol–water partition coefficient (Wildman–Crippen LogP) is 1.90. The number of thiophene rings is 1. The number of nitrogens with zero attached hydrogens (tertiary/aromatic N) is 2. The SMILES string of the molecule is Cc1ccc(CN(C)CCNC(=O)c2ccncc2N)s1. The number of rotatable bonds is 6. The zero-order valence-electron chi connectivity index (χ0n) is 12.3. The van der Waals surface area contributed by atoms with E-state index in [1.165, 1.54) is 16.0 Å². The van der Waals surface area contributed by atoms with Crippen LogP contribution in [-0.2, 0) is 6.54 Å². The summed E-state index contributed by atoms with van der Waals surface area (Å²) in [6.07, 6.45) is 3.05. The van der Waals surface area contributed by atoms with Crippen molar-refractivity contribution in [2.75, 3.05) is 25.9 Å². The fourth-order valence-corrected chi connectivity index (χ4v) is 2.95. The Hall–Kier alpha value is -1.92. The van der Waals surface area contributed by atoms with Crippen molar-refractivity contribution in [1.82, 2.24) is 15.2 Å². The maximum absolute atomic E-state index is 12.0. The van der Waals surface area contributed by atoms with Gasteiger partial charge in [0, 0.05) is 35.6 Å². The Bertz CT molecular complexity index is 611. The number of carbonyl (C=O) groups excluding carboxylic acids is 1. The fourth-order valence-electron chi connectivity index (χ4n) is 1.98. The number of amides is 1. The molecule has 0 aliphatic heterocycles. The number of aromatic nitrogens is 1. The number of hydrogen-bond acceptors (Lipinski definition) is 5. The van der Waals surface area contributed by atoms with Gasteiger partial charge in [-0.25, -0.2) is 0 Å². The van der Waals surface area contributed by atoms with Crippen molar-refractivity contribution in [2.45, 2.75) is 13.5 Å². The monoisotopic (exact) mass is 304 g/mol. The summed E-state index contributed by atoms with van der Waals surface area (Å²) in [6.45, 7) is 4.37. The lowest BCUT2D eigenvalue weighted by atomic mass is 10.2. The van der Waals surface area contributed by atoms with Gasteiger partial charge in [-0.2, -0.15) is 0 Å². The minimum absolute atomic E-state index is 0.157. The van der Waals surface area contributed by atoms with Crippen LogP contribution in [0.5, 0.6) is 0 Å². The highest BCUT2D eigenvalue weighted by atomic mass is 32.1. The van der Waals surface area contributed by atoms with Crippen molar-refractivity contribution in [3.05, 3.63) is 45.9 Å². The maximum atomic E-state index is 12.0. The Labute approximate surface area is 128 Å². The van der Waals surface area contributed by atoms with Crippen LogP contribution in [0.1, 0.15) is 20.1 Å². The largest absolute Gasteiger partial charge is 0.397 e. The van der Waals surface area contributed by atoms with Crippen molar-refractivity contribution < 1.29 is 4.79 Å². The maximum Gasteiger partial charge on any atom is 0.253 e. The van der Waals surface area contributed by atoms with E-state index in [9.17, 15) is 4.79 Å². The summed E-state index contributed by atoms with van der Waals surface area (Å²) < 4.78 is 0. The first-order valence-corrected chi connectivity index (χ1v) is 7.59. The zero-order valence-corrected chi connectivity index (χ0v) is 13.1. The van der Waals surface area contributed by atoms with Crippen LogP contribution in [0.3, 0.4) is 0 Å². The molecule has 2 aromatic rings. The van der Waals surface area contributed by atoms with Crippen molar-refractivity contribution >= 4 is 22.9 Å². The lowest BCUT2D eigenvalue weighted by Crippen LogP contribution is -2.33. The van der Waals surface area contributed by atoms with E-state index in [0.29, 0.717) is 17.8 Å². The van der Waals surface area contributed by atoms with E-state index >= 15 is 0 Å². The number of nitrogens with one attached hydrogen (secondary N) is 1. The van der Waals surface area contributed by atoms with Gasteiger partial charge in [-0.1, -0.05) is 0 Å². The van der Waals surface area contributed by atoms with Gasteiger partial charge in [0.1, 0.15) is 0 Å². The molecule has 112 valence electrons. The van der Waals surface area contributed by atoms with Crippen LogP contribution in [0.2, 0.25) is 0 Å². The Balaban J connectivity index is 1.76. The summed E-state index contributed by atoms with van der Waals surface area (Å²) >= 11 is 1.80. The van der Waals surface area contributed by atoms with Crippen LogP contribution in [0.15, 0.2) is 30.6 Å². The third kappa shape index (κ3) is 4.54. The molecular weight excluding hydrogens is 284 g/mol. The average Bonchev–Trinajstić information content (AvgIpc) is 2.84. The molecule has 0 aliphatic rings. The molecule has 0 saturated heterocycles. The molecular formula is C15H20N4OS. The van der Waals surface area contributed by atoms with Crippen LogP contribution < -0.4 is 11.1 Å². The first-order valence-electron chi connectivity index (χ1n) is 6.78.